The van der Waals surface area contributed by atoms with Crippen molar-refractivity contribution in [1.29, 1.82) is 0 Å². The third kappa shape index (κ3) is 2.40. The fraction of sp³-hybridized carbons (Fsp3) is 0.714. The summed E-state index contributed by atoms with van der Waals surface area (Å²) in [5.41, 5.74) is 0.856. The summed E-state index contributed by atoms with van der Waals surface area (Å²) in [7, 11) is 0. The molecular formula is C14H21BrN2O. The minimum absolute atomic E-state index is 0.109. The molecule has 4 heteroatoms. The second-order valence-corrected chi connectivity index (χ2v) is 6.66. The molecule has 1 aliphatic rings. The van der Waals surface area contributed by atoms with Gasteiger partial charge in [0, 0.05) is 12.5 Å². The van der Waals surface area contributed by atoms with E-state index in [-0.39, 0.29) is 17.1 Å². The van der Waals surface area contributed by atoms with Gasteiger partial charge in [0.05, 0.1) is 10.7 Å². The Morgan fingerprint density at radius 1 is 1.56 bits per heavy atom. The van der Waals surface area contributed by atoms with Crippen LogP contribution in [0.3, 0.4) is 0 Å². The summed E-state index contributed by atoms with van der Waals surface area (Å²) >= 11 is 3.46. The number of aromatic nitrogens is 2. The lowest BCUT2D eigenvalue weighted by atomic mass is 9.67. The number of carbonyl (C=O) groups excluding carboxylic acids is 1. The molecule has 0 aromatic carbocycles. The molecule has 1 aromatic heterocycles. The molecule has 0 spiro atoms. The highest BCUT2D eigenvalue weighted by Gasteiger charge is 2.39. The number of hydrogen-bond acceptors (Lipinski definition) is 2. The standard InChI is InChI=1S/C14H21BrN2O/c1-4-17-12(11(15)9-16-17)13(18)10-7-5-6-8-14(10,2)3/h9-10H,4-8H2,1-3H3. The molecule has 1 fully saturated rings. The molecule has 1 saturated carbocycles. The van der Waals surface area contributed by atoms with Crippen LogP contribution in [0.2, 0.25) is 0 Å². The topological polar surface area (TPSA) is 34.9 Å². The van der Waals surface area contributed by atoms with Gasteiger partial charge in [0.25, 0.3) is 0 Å². The third-order valence-corrected chi connectivity index (χ3v) is 4.73. The first-order chi connectivity index (χ1) is 8.47. The lowest BCUT2D eigenvalue weighted by Crippen LogP contribution is -2.35. The van der Waals surface area contributed by atoms with E-state index in [0.29, 0.717) is 0 Å². The first kappa shape index (κ1) is 13.8. The maximum Gasteiger partial charge on any atom is 0.185 e. The Balaban J connectivity index is 2.33. The molecule has 1 atom stereocenters. The SMILES string of the molecule is CCn1ncc(Br)c1C(=O)C1CCCCC1(C)C. The van der Waals surface area contributed by atoms with E-state index >= 15 is 0 Å². The number of nitrogens with zero attached hydrogens (tertiary/aromatic N) is 2. The molecule has 0 saturated heterocycles. The van der Waals surface area contributed by atoms with Crippen LogP contribution in [0.25, 0.3) is 0 Å². The first-order valence-electron chi connectivity index (χ1n) is 6.73. The Kier molecular flexibility index (Phi) is 3.95. The zero-order chi connectivity index (χ0) is 13.3. The number of ketones is 1. The zero-order valence-electron chi connectivity index (χ0n) is 11.4. The average molecular weight is 313 g/mol. The van der Waals surface area contributed by atoms with Crippen LogP contribution < -0.4 is 0 Å². The van der Waals surface area contributed by atoms with E-state index in [9.17, 15) is 4.79 Å². The van der Waals surface area contributed by atoms with Crippen molar-refractivity contribution in [1.82, 2.24) is 9.78 Å². The van der Waals surface area contributed by atoms with Crippen LogP contribution in [-0.2, 0) is 6.54 Å². The summed E-state index contributed by atoms with van der Waals surface area (Å²) in [5.74, 6) is 0.385. The van der Waals surface area contributed by atoms with Crippen LogP contribution in [0.1, 0.15) is 56.9 Å². The second-order valence-electron chi connectivity index (χ2n) is 5.81. The summed E-state index contributed by atoms with van der Waals surface area (Å²) in [6, 6.07) is 0. The van der Waals surface area contributed by atoms with Crippen molar-refractivity contribution in [3.05, 3.63) is 16.4 Å². The van der Waals surface area contributed by atoms with E-state index in [1.165, 1.54) is 6.42 Å². The van der Waals surface area contributed by atoms with Gasteiger partial charge in [0.2, 0.25) is 0 Å². The predicted octanol–water partition coefficient (Wildman–Crippen LogP) is 4.06. The van der Waals surface area contributed by atoms with Gasteiger partial charge in [-0.25, -0.2) is 0 Å². The Morgan fingerprint density at radius 2 is 2.28 bits per heavy atom. The fourth-order valence-corrected chi connectivity index (χ4v) is 3.48. The molecule has 100 valence electrons. The molecule has 2 rings (SSSR count). The van der Waals surface area contributed by atoms with E-state index in [4.69, 9.17) is 0 Å². The fourth-order valence-electron chi connectivity index (χ4n) is 2.99. The van der Waals surface area contributed by atoms with E-state index < -0.39 is 0 Å². The van der Waals surface area contributed by atoms with Crippen LogP contribution >= 0.6 is 15.9 Å². The van der Waals surface area contributed by atoms with Crippen molar-refractivity contribution >= 4 is 21.7 Å². The Labute approximate surface area is 117 Å². The van der Waals surface area contributed by atoms with Crippen molar-refractivity contribution in [2.24, 2.45) is 11.3 Å². The maximum absolute atomic E-state index is 12.8. The van der Waals surface area contributed by atoms with Gasteiger partial charge in [0.1, 0.15) is 5.69 Å². The summed E-state index contributed by atoms with van der Waals surface area (Å²) in [6.45, 7) is 7.19. The summed E-state index contributed by atoms with van der Waals surface area (Å²) in [6.07, 6.45) is 6.28. The molecule has 1 aromatic rings. The number of rotatable bonds is 3. The average Bonchev–Trinajstić information content (AvgIpc) is 2.69. The highest BCUT2D eigenvalue weighted by molar-refractivity contribution is 9.10. The van der Waals surface area contributed by atoms with Crippen LogP contribution in [0.15, 0.2) is 10.7 Å². The molecule has 0 radical (unpaired) electrons. The smallest absolute Gasteiger partial charge is 0.185 e. The summed E-state index contributed by atoms with van der Waals surface area (Å²) in [5, 5.41) is 4.25. The van der Waals surface area contributed by atoms with E-state index in [2.05, 4.69) is 34.9 Å². The van der Waals surface area contributed by atoms with Crippen LogP contribution in [-0.4, -0.2) is 15.6 Å². The Morgan fingerprint density at radius 3 is 2.89 bits per heavy atom. The number of carbonyl (C=O) groups is 1. The zero-order valence-corrected chi connectivity index (χ0v) is 13.0. The Bertz CT molecular complexity index is 451. The van der Waals surface area contributed by atoms with Gasteiger partial charge in [-0.05, 0) is 41.1 Å². The van der Waals surface area contributed by atoms with Gasteiger partial charge in [0.15, 0.2) is 5.78 Å². The van der Waals surface area contributed by atoms with E-state index in [1.807, 2.05) is 6.92 Å². The molecule has 3 nitrogen and oxygen atoms in total. The van der Waals surface area contributed by atoms with Crippen molar-refractivity contribution < 1.29 is 4.79 Å². The van der Waals surface area contributed by atoms with Gasteiger partial charge >= 0.3 is 0 Å². The predicted molar refractivity (Wildman–Crippen MR) is 75.7 cm³/mol. The lowest BCUT2D eigenvalue weighted by molar-refractivity contribution is 0.0685. The van der Waals surface area contributed by atoms with Gasteiger partial charge < -0.3 is 0 Å². The van der Waals surface area contributed by atoms with Crippen LogP contribution in [0.4, 0.5) is 0 Å². The quantitative estimate of drug-likeness (QED) is 0.789. The largest absolute Gasteiger partial charge is 0.292 e. The molecular weight excluding hydrogens is 292 g/mol. The number of hydrogen-bond donors (Lipinski definition) is 0. The minimum Gasteiger partial charge on any atom is -0.292 e. The Hall–Kier alpha value is -0.640. The van der Waals surface area contributed by atoms with Crippen molar-refractivity contribution in [2.75, 3.05) is 0 Å². The van der Waals surface area contributed by atoms with E-state index in [1.54, 1.807) is 10.9 Å². The summed E-state index contributed by atoms with van der Waals surface area (Å²) < 4.78 is 2.63. The molecule has 0 bridgehead atoms. The monoisotopic (exact) mass is 312 g/mol. The molecule has 0 N–H and O–H groups in total. The van der Waals surface area contributed by atoms with Crippen LogP contribution in [0.5, 0.6) is 0 Å². The van der Waals surface area contributed by atoms with Gasteiger partial charge in [-0.3, -0.25) is 9.48 Å². The van der Waals surface area contributed by atoms with Crippen molar-refractivity contribution in [3.63, 3.8) is 0 Å². The maximum atomic E-state index is 12.8. The molecule has 1 heterocycles. The first-order valence-corrected chi connectivity index (χ1v) is 7.52. The number of Topliss-reactive ketones (excluding diaryl/α,β-unsaturated/α-hetero) is 1. The van der Waals surface area contributed by atoms with E-state index in [0.717, 1.165) is 36.0 Å². The van der Waals surface area contributed by atoms with Gasteiger partial charge in [-0.15, -0.1) is 0 Å². The lowest BCUT2D eigenvalue weighted by Gasteiger charge is -2.37. The number of halogens is 1. The molecule has 1 unspecified atom stereocenters. The van der Waals surface area contributed by atoms with Gasteiger partial charge in [-0.2, -0.15) is 5.10 Å². The number of aryl methyl sites for hydroxylation is 1. The molecule has 18 heavy (non-hydrogen) atoms. The highest BCUT2D eigenvalue weighted by Crippen LogP contribution is 2.42. The molecule has 0 amide bonds. The van der Waals surface area contributed by atoms with Crippen LogP contribution in [0, 0.1) is 11.3 Å². The molecule has 1 aliphatic carbocycles. The summed E-state index contributed by atoms with van der Waals surface area (Å²) in [4.78, 5) is 12.8. The van der Waals surface area contributed by atoms with Crippen molar-refractivity contribution in [2.45, 2.75) is 53.0 Å². The van der Waals surface area contributed by atoms with Gasteiger partial charge in [-0.1, -0.05) is 26.7 Å². The second kappa shape index (κ2) is 5.16. The van der Waals surface area contributed by atoms with Crippen molar-refractivity contribution in [3.8, 4) is 0 Å². The highest BCUT2D eigenvalue weighted by atomic mass is 79.9. The molecule has 0 aliphatic heterocycles. The third-order valence-electron chi connectivity index (χ3n) is 4.15. The minimum atomic E-state index is 0.109. The normalized spacial score (nSPS) is 23.0.